The lowest BCUT2D eigenvalue weighted by Crippen LogP contribution is -2.06. The molecule has 4 rings (SSSR count). The van der Waals surface area contributed by atoms with Gasteiger partial charge in [-0.15, -0.1) is 0 Å². The van der Waals surface area contributed by atoms with Gasteiger partial charge in [0.15, 0.2) is 46.0 Å². The summed E-state index contributed by atoms with van der Waals surface area (Å²) >= 11 is 1.89. The molecule has 4 aromatic rings. The van der Waals surface area contributed by atoms with Crippen LogP contribution in [0.15, 0.2) is 60.7 Å². The SMILES string of the molecule is COc1cc2cccc(-c3cccc4cc(OC)c(OC(C)C)cc34)c2cc1OI. The summed E-state index contributed by atoms with van der Waals surface area (Å²) in [6.45, 7) is 4.03. The molecule has 0 aliphatic heterocycles. The second kappa shape index (κ2) is 8.60. The Bertz CT molecular complexity index is 1220. The zero-order valence-electron chi connectivity index (χ0n) is 17.4. The molecule has 4 aromatic carbocycles. The van der Waals surface area contributed by atoms with Gasteiger partial charge in [-0.1, -0.05) is 36.4 Å². The van der Waals surface area contributed by atoms with Gasteiger partial charge in [-0.05, 0) is 70.8 Å². The zero-order chi connectivity index (χ0) is 21.3. The van der Waals surface area contributed by atoms with Gasteiger partial charge in [0.2, 0.25) is 0 Å². The quantitative estimate of drug-likeness (QED) is 0.255. The number of benzene rings is 4. The van der Waals surface area contributed by atoms with E-state index in [1.54, 1.807) is 14.2 Å². The molecular weight excluding hydrogens is 491 g/mol. The van der Waals surface area contributed by atoms with Gasteiger partial charge in [-0.3, -0.25) is 0 Å². The van der Waals surface area contributed by atoms with Crippen LogP contribution in [-0.2, 0) is 0 Å². The molecule has 4 nitrogen and oxygen atoms in total. The van der Waals surface area contributed by atoms with Crippen molar-refractivity contribution in [2.75, 3.05) is 14.2 Å². The first-order valence-electron chi connectivity index (χ1n) is 9.73. The first kappa shape index (κ1) is 20.6. The van der Waals surface area contributed by atoms with Crippen LogP contribution in [0, 0.1) is 0 Å². The molecule has 0 saturated carbocycles. The minimum atomic E-state index is 0.0527. The van der Waals surface area contributed by atoms with Gasteiger partial charge in [0.1, 0.15) is 0 Å². The lowest BCUT2D eigenvalue weighted by molar-refractivity contribution is 0.230. The van der Waals surface area contributed by atoms with E-state index in [4.69, 9.17) is 17.3 Å². The summed E-state index contributed by atoms with van der Waals surface area (Å²) in [6.07, 6.45) is 0.0527. The highest BCUT2D eigenvalue weighted by molar-refractivity contribution is 14.1. The van der Waals surface area contributed by atoms with E-state index in [0.29, 0.717) is 11.5 Å². The van der Waals surface area contributed by atoms with E-state index in [1.165, 1.54) is 0 Å². The van der Waals surface area contributed by atoms with E-state index in [1.807, 2.05) is 55.1 Å². The third-order valence-electron chi connectivity index (χ3n) is 5.07. The van der Waals surface area contributed by atoms with Gasteiger partial charge in [-0.2, -0.15) is 0 Å². The minimum absolute atomic E-state index is 0.0527. The third-order valence-corrected chi connectivity index (χ3v) is 5.54. The fourth-order valence-electron chi connectivity index (χ4n) is 3.76. The van der Waals surface area contributed by atoms with Gasteiger partial charge in [-0.25, -0.2) is 0 Å². The normalized spacial score (nSPS) is 11.1. The van der Waals surface area contributed by atoms with E-state index >= 15 is 0 Å². The number of fused-ring (bicyclic) bond motifs is 2. The Morgan fingerprint density at radius 1 is 0.667 bits per heavy atom. The van der Waals surface area contributed by atoms with E-state index in [-0.39, 0.29) is 6.10 Å². The van der Waals surface area contributed by atoms with Crippen LogP contribution in [0.4, 0.5) is 0 Å². The number of halogens is 1. The second-order valence-corrected chi connectivity index (χ2v) is 7.74. The second-order valence-electron chi connectivity index (χ2n) is 7.30. The summed E-state index contributed by atoms with van der Waals surface area (Å²) < 4.78 is 22.6. The van der Waals surface area contributed by atoms with Crippen LogP contribution in [0.5, 0.6) is 23.0 Å². The standard InChI is InChI=1S/C25H23IO4/c1-15(2)29-24-13-20-16(11-22(24)27-3)7-5-9-18(20)19-10-6-8-17-12-23(28-4)25(30-26)14-21(17)19/h5-15H,1-4H3. The van der Waals surface area contributed by atoms with Crippen molar-refractivity contribution in [1.82, 2.24) is 0 Å². The van der Waals surface area contributed by atoms with Crippen molar-refractivity contribution in [3.05, 3.63) is 60.7 Å². The lowest BCUT2D eigenvalue weighted by atomic mass is 9.93. The smallest absolute Gasteiger partial charge is 0.192 e. The highest BCUT2D eigenvalue weighted by Gasteiger charge is 2.15. The van der Waals surface area contributed by atoms with Crippen LogP contribution in [0.3, 0.4) is 0 Å². The predicted octanol–water partition coefficient (Wildman–Crippen LogP) is 7.19. The molecule has 0 saturated heterocycles. The number of ether oxygens (including phenoxy) is 3. The van der Waals surface area contributed by atoms with Crippen LogP contribution in [0.1, 0.15) is 13.8 Å². The number of hydrogen-bond donors (Lipinski definition) is 0. The van der Waals surface area contributed by atoms with Gasteiger partial charge in [0.05, 0.1) is 20.3 Å². The van der Waals surface area contributed by atoms with Crippen LogP contribution in [-0.4, -0.2) is 20.3 Å². The predicted molar refractivity (Wildman–Crippen MR) is 130 cm³/mol. The third kappa shape index (κ3) is 3.74. The van der Waals surface area contributed by atoms with E-state index in [2.05, 4.69) is 42.5 Å². The Hall–Kier alpha value is -2.67. The van der Waals surface area contributed by atoms with E-state index in [0.717, 1.165) is 44.2 Å². The molecule has 0 aromatic heterocycles. The average molecular weight is 514 g/mol. The molecule has 0 bridgehead atoms. The molecule has 0 amide bonds. The molecule has 0 radical (unpaired) electrons. The van der Waals surface area contributed by atoms with Gasteiger partial charge < -0.3 is 17.3 Å². The lowest BCUT2D eigenvalue weighted by Gasteiger charge is -2.17. The topological polar surface area (TPSA) is 36.9 Å². The maximum Gasteiger partial charge on any atom is 0.192 e. The van der Waals surface area contributed by atoms with Crippen LogP contribution >= 0.6 is 23.0 Å². The van der Waals surface area contributed by atoms with E-state index in [9.17, 15) is 0 Å². The minimum Gasteiger partial charge on any atom is -0.493 e. The van der Waals surface area contributed by atoms with Gasteiger partial charge >= 0.3 is 0 Å². The number of hydrogen-bond acceptors (Lipinski definition) is 4. The summed E-state index contributed by atoms with van der Waals surface area (Å²) in [5.74, 6) is 2.88. The molecule has 154 valence electrons. The first-order chi connectivity index (χ1) is 14.5. The molecule has 30 heavy (non-hydrogen) atoms. The summed E-state index contributed by atoms with van der Waals surface area (Å²) in [6, 6.07) is 20.7. The monoisotopic (exact) mass is 514 g/mol. The Morgan fingerprint density at radius 2 is 1.17 bits per heavy atom. The molecule has 0 heterocycles. The molecule has 0 unspecified atom stereocenters. The van der Waals surface area contributed by atoms with Gasteiger partial charge in [0.25, 0.3) is 0 Å². The average Bonchev–Trinajstić information content (AvgIpc) is 2.76. The molecule has 0 spiro atoms. The summed E-state index contributed by atoms with van der Waals surface area (Å²) in [5, 5.41) is 4.39. The van der Waals surface area contributed by atoms with Crippen molar-refractivity contribution in [1.29, 1.82) is 0 Å². The molecule has 0 aliphatic rings. The summed E-state index contributed by atoms with van der Waals surface area (Å²) in [4.78, 5) is 0. The molecule has 0 fully saturated rings. The Morgan fingerprint density at radius 3 is 1.63 bits per heavy atom. The molecule has 0 N–H and O–H groups in total. The highest BCUT2D eigenvalue weighted by atomic mass is 127. The first-order valence-corrected chi connectivity index (χ1v) is 10.6. The fourth-order valence-corrected chi connectivity index (χ4v) is 4.11. The van der Waals surface area contributed by atoms with Crippen molar-refractivity contribution >= 4 is 44.6 Å². The van der Waals surface area contributed by atoms with Crippen molar-refractivity contribution in [3.8, 4) is 34.1 Å². The molecule has 0 aliphatic carbocycles. The maximum absolute atomic E-state index is 6.03. The maximum atomic E-state index is 6.03. The Kier molecular flexibility index (Phi) is 5.90. The fraction of sp³-hybridized carbons (Fsp3) is 0.200. The van der Waals surface area contributed by atoms with Crippen LogP contribution in [0.2, 0.25) is 0 Å². The van der Waals surface area contributed by atoms with Crippen molar-refractivity contribution < 1.29 is 17.3 Å². The Balaban J connectivity index is 2.00. The van der Waals surface area contributed by atoms with Crippen molar-refractivity contribution in [2.45, 2.75) is 20.0 Å². The van der Waals surface area contributed by atoms with Crippen molar-refractivity contribution in [2.24, 2.45) is 0 Å². The van der Waals surface area contributed by atoms with Crippen LogP contribution in [0.25, 0.3) is 32.7 Å². The molecule has 0 atom stereocenters. The largest absolute Gasteiger partial charge is 0.493 e. The Labute approximate surface area is 190 Å². The summed E-state index contributed by atoms with van der Waals surface area (Å²) in [5.41, 5.74) is 2.25. The number of rotatable bonds is 6. The van der Waals surface area contributed by atoms with E-state index < -0.39 is 0 Å². The number of methoxy groups -OCH3 is 2. The molecular formula is C25H23IO4. The zero-order valence-corrected chi connectivity index (χ0v) is 19.5. The molecule has 5 heteroatoms. The van der Waals surface area contributed by atoms with Crippen LogP contribution < -0.4 is 17.3 Å². The summed E-state index contributed by atoms with van der Waals surface area (Å²) in [7, 11) is 3.32. The van der Waals surface area contributed by atoms with Crippen molar-refractivity contribution in [3.63, 3.8) is 0 Å². The highest BCUT2D eigenvalue weighted by Crippen LogP contribution is 2.42. The van der Waals surface area contributed by atoms with Gasteiger partial charge in [0, 0.05) is 0 Å².